The first-order valence-corrected chi connectivity index (χ1v) is 8.62. The van der Waals surface area contributed by atoms with Crippen molar-refractivity contribution in [2.75, 3.05) is 0 Å². The Morgan fingerprint density at radius 2 is 0.800 bits per heavy atom. The molecule has 0 radical (unpaired) electrons. The largest absolute Gasteiger partial charge is 0.0622 e. The van der Waals surface area contributed by atoms with Gasteiger partial charge in [-0.1, -0.05) is 103 Å². The third kappa shape index (κ3) is 3.39. The second-order valence-corrected chi connectivity index (χ2v) is 6.39. The van der Waals surface area contributed by atoms with Crippen LogP contribution in [0.5, 0.6) is 0 Å². The number of hydrogen-bond acceptors (Lipinski definition) is 0. The number of aryl methyl sites for hydroxylation is 1. The highest BCUT2D eigenvalue weighted by molar-refractivity contribution is 5.75. The number of benzene rings is 4. The van der Waals surface area contributed by atoms with E-state index in [4.69, 9.17) is 0 Å². The Morgan fingerprint density at radius 3 is 1.36 bits per heavy atom. The topological polar surface area (TPSA) is 0 Å². The molecular formula is C25H20. The van der Waals surface area contributed by atoms with Gasteiger partial charge in [-0.3, -0.25) is 0 Å². The van der Waals surface area contributed by atoms with Crippen LogP contribution >= 0.6 is 0 Å². The molecule has 4 rings (SSSR count). The maximum absolute atomic E-state index is 2.26. The van der Waals surface area contributed by atoms with Crippen LogP contribution in [0.15, 0.2) is 103 Å². The molecule has 0 saturated carbocycles. The van der Waals surface area contributed by atoms with Crippen LogP contribution < -0.4 is 0 Å². The zero-order chi connectivity index (χ0) is 17.1. The number of rotatable bonds is 3. The van der Waals surface area contributed by atoms with Gasteiger partial charge in [-0.05, 0) is 46.4 Å². The predicted octanol–water partition coefficient (Wildman–Crippen LogP) is 7.00. The molecule has 4 aromatic rings. The fourth-order valence-corrected chi connectivity index (χ4v) is 3.19. The van der Waals surface area contributed by atoms with E-state index >= 15 is 0 Å². The third-order valence-corrected chi connectivity index (χ3v) is 4.54. The Labute approximate surface area is 149 Å². The van der Waals surface area contributed by atoms with Crippen LogP contribution in [-0.4, -0.2) is 0 Å². The van der Waals surface area contributed by atoms with E-state index in [1.54, 1.807) is 0 Å². The van der Waals surface area contributed by atoms with Gasteiger partial charge in [0.15, 0.2) is 0 Å². The molecule has 0 amide bonds. The van der Waals surface area contributed by atoms with Crippen molar-refractivity contribution in [1.82, 2.24) is 0 Å². The minimum absolute atomic E-state index is 1.24. The molecule has 0 fully saturated rings. The van der Waals surface area contributed by atoms with Gasteiger partial charge in [-0.25, -0.2) is 0 Å². The van der Waals surface area contributed by atoms with Crippen molar-refractivity contribution >= 4 is 0 Å². The molecule has 0 spiro atoms. The lowest BCUT2D eigenvalue weighted by atomic mass is 9.97. The molecule has 0 N–H and O–H groups in total. The van der Waals surface area contributed by atoms with Gasteiger partial charge in [-0.2, -0.15) is 0 Å². The van der Waals surface area contributed by atoms with Crippen molar-refractivity contribution in [2.24, 2.45) is 0 Å². The van der Waals surface area contributed by atoms with Gasteiger partial charge in [0.05, 0.1) is 0 Å². The summed E-state index contributed by atoms with van der Waals surface area (Å²) in [5.41, 5.74) is 8.81. The van der Waals surface area contributed by atoms with E-state index in [9.17, 15) is 0 Å². The first-order valence-electron chi connectivity index (χ1n) is 8.62. The van der Waals surface area contributed by atoms with Gasteiger partial charge < -0.3 is 0 Å². The Balaban J connectivity index is 1.67. The average Bonchev–Trinajstić information content (AvgIpc) is 2.69. The Bertz CT molecular complexity index is 980. The predicted molar refractivity (Wildman–Crippen MR) is 107 cm³/mol. The van der Waals surface area contributed by atoms with E-state index in [1.807, 2.05) is 0 Å². The zero-order valence-corrected chi connectivity index (χ0v) is 14.3. The summed E-state index contributed by atoms with van der Waals surface area (Å²) < 4.78 is 0. The van der Waals surface area contributed by atoms with Crippen LogP contribution in [0.1, 0.15) is 5.56 Å². The molecule has 4 aromatic carbocycles. The molecule has 0 atom stereocenters. The second kappa shape index (κ2) is 6.78. The van der Waals surface area contributed by atoms with Crippen molar-refractivity contribution in [3.8, 4) is 33.4 Å². The zero-order valence-electron chi connectivity index (χ0n) is 14.3. The standard InChI is InChI=1S/C25H20/c1-19-7-5-10-23(17-19)21-13-15-22(16-14-21)25-12-6-11-24(18-25)20-8-3-2-4-9-20/h2-18H,1H3. The highest BCUT2D eigenvalue weighted by Crippen LogP contribution is 2.28. The second-order valence-electron chi connectivity index (χ2n) is 6.39. The first-order chi connectivity index (χ1) is 12.3. The van der Waals surface area contributed by atoms with Crippen molar-refractivity contribution < 1.29 is 0 Å². The van der Waals surface area contributed by atoms with Crippen molar-refractivity contribution in [2.45, 2.75) is 6.92 Å². The van der Waals surface area contributed by atoms with Crippen LogP contribution in [0, 0.1) is 6.92 Å². The van der Waals surface area contributed by atoms with E-state index in [2.05, 4.69) is 110 Å². The Morgan fingerprint density at radius 1 is 0.360 bits per heavy atom. The first kappa shape index (κ1) is 15.4. The molecule has 0 heteroatoms. The summed E-state index contributed by atoms with van der Waals surface area (Å²) in [4.78, 5) is 0. The van der Waals surface area contributed by atoms with E-state index in [-0.39, 0.29) is 0 Å². The summed E-state index contributed by atoms with van der Waals surface area (Å²) in [6.45, 7) is 2.13. The molecule has 0 saturated heterocycles. The van der Waals surface area contributed by atoms with E-state index in [0.29, 0.717) is 0 Å². The van der Waals surface area contributed by atoms with Gasteiger partial charge in [0.2, 0.25) is 0 Å². The summed E-state index contributed by atoms with van der Waals surface area (Å²) in [7, 11) is 0. The van der Waals surface area contributed by atoms with Crippen molar-refractivity contribution in [3.05, 3.63) is 109 Å². The molecule has 0 aliphatic heterocycles. The Kier molecular flexibility index (Phi) is 4.18. The maximum Gasteiger partial charge on any atom is -0.0178 e. The molecule has 0 aliphatic rings. The van der Waals surface area contributed by atoms with Crippen molar-refractivity contribution in [3.63, 3.8) is 0 Å². The molecular weight excluding hydrogens is 300 g/mol. The summed E-state index contributed by atoms with van der Waals surface area (Å²) in [6, 6.07) is 36.7. The summed E-state index contributed by atoms with van der Waals surface area (Å²) in [5, 5.41) is 0. The van der Waals surface area contributed by atoms with Gasteiger partial charge >= 0.3 is 0 Å². The van der Waals surface area contributed by atoms with E-state index in [1.165, 1.54) is 38.9 Å². The molecule has 0 nitrogen and oxygen atoms in total. The van der Waals surface area contributed by atoms with Crippen LogP contribution in [-0.2, 0) is 0 Å². The number of hydrogen-bond donors (Lipinski definition) is 0. The highest BCUT2D eigenvalue weighted by Gasteiger charge is 2.03. The van der Waals surface area contributed by atoms with Gasteiger partial charge in [0.1, 0.15) is 0 Å². The molecule has 0 aliphatic carbocycles. The third-order valence-electron chi connectivity index (χ3n) is 4.54. The maximum atomic E-state index is 2.26. The van der Waals surface area contributed by atoms with Crippen LogP contribution in [0.4, 0.5) is 0 Å². The molecule has 0 aromatic heterocycles. The van der Waals surface area contributed by atoms with Crippen LogP contribution in [0.25, 0.3) is 33.4 Å². The lowest BCUT2D eigenvalue weighted by Gasteiger charge is -2.08. The summed E-state index contributed by atoms with van der Waals surface area (Å²) in [5.74, 6) is 0. The lowest BCUT2D eigenvalue weighted by molar-refractivity contribution is 1.47. The average molecular weight is 320 g/mol. The van der Waals surface area contributed by atoms with Crippen molar-refractivity contribution in [1.29, 1.82) is 0 Å². The van der Waals surface area contributed by atoms with E-state index < -0.39 is 0 Å². The van der Waals surface area contributed by atoms with E-state index in [0.717, 1.165) is 0 Å². The van der Waals surface area contributed by atoms with Gasteiger partial charge in [0, 0.05) is 0 Å². The van der Waals surface area contributed by atoms with Crippen LogP contribution in [0.2, 0.25) is 0 Å². The van der Waals surface area contributed by atoms with Crippen LogP contribution in [0.3, 0.4) is 0 Å². The Hall–Kier alpha value is -3.12. The normalized spacial score (nSPS) is 10.6. The fraction of sp³-hybridized carbons (Fsp3) is 0.0400. The molecule has 0 heterocycles. The molecule has 0 unspecified atom stereocenters. The van der Waals surface area contributed by atoms with Gasteiger partial charge in [0.25, 0.3) is 0 Å². The monoisotopic (exact) mass is 320 g/mol. The summed E-state index contributed by atoms with van der Waals surface area (Å²) in [6.07, 6.45) is 0. The minimum Gasteiger partial charge on any atom is -0.0622 e. The molecule has 120 valence electrons. The molecule has 25 heavy (non-hydrogen) atoms. The smallest absolute Gasteiger partial charge is 0.0178 e. The quantitative estimate of drug-likeness (QED) is 0.381. The molecule has 0 bridgehead atoms. The summed E-state index contributed by atoms with van der Waals surface area (Å²) >= 11 is 0. The lowest BCUT2D eigenvalue weighted by Crippen LogP contribution is -1.83. The minimum atomic E-state index is 1.24. The van der Waals surface area contributed by atoms with Gasteiger partial charge in [-0.15, -0.1) is 0 Å². The fourth-order valence-electron chi connectivity index (χ4n) is 3.19. The SMILES string of the molecule is Cc1cccc(-c2ccc(-c3cccc(-c4ccccc4)c3)cc2)c1. The highest BCUT2D eigenvalue weighted by atomic mass is 14.1.